The van der Waals surface area contributed by atoms with Gasteiger partial charge in [-0.1, -0.05) is 0 Å². The summed E-state index contributed by atoms with van der Waals surface area (Å²) in [4.78, 5) is 0. The van der Waals surface area contributed by atoms with Crippen molar-refractivity contribution in [3.05, 3.63) is 23.7 Å². The Morgan fingerprint density at radius 2 is 2.55 bits per heavy atom. The summed E-state index contributed by atoms with van der Waals surface area (Å²) in [5.74, 6) is 1.13. The number of nitrogens with one attached hydrogen (secondary N) is 1. The minimum atomic E-state index is 0.477. The molecule has 1 saturated heterocycles. The van der Waals surface area contributed by atoms with Gasteiger partial charge in [0.2, 0.25) is 0 Å². The van der Waals surface area contributed by atoms with Crippen molar-refractivity contribution < 1.29 is 4.42 Å². The maximum Gasteiger partial charge on any atom is 0.123 e. The number of hydrogen-bond acceptors (Lipinski definition) is 2. The zero-order chi connectivity index (χ0) is 7.68. The zero-order valence-electron chi connectivity index (χ0n) is 6.76. The Kier molecular flexibility index (Phi) is 1.70. The van der Waals surface area contributed by atoms with E-state index in [1.807, 2.05) is 6.07 Å². The highest BCUT2D eigenvalue weighted by molar-refractivity contribution is 5.18. The van der Waals surface area contributed by atoms with E-state index in [4.69, 9.17) is 4.42 Å². The second kappa shape index (κ2) is 2.70. The quantitative estimate of drug-likeness (QED) is 0.664. The third-order valence-corrected chi connectivity index (χ3v) is 2.28. The Balaban J connectivity index is 2.21. The normalized spacial score (nSPS) is 24.3. The van der Waals surface area contributed by atoms with Crippen LogP contribution in [0.4, 0.5) is 0 Å². The smallest absolute Gasteiger partial charge is 0.123 e. The standard InChI is InChI=1S/C9H13NO/c1-7-4-6-11-9(7)8-3-2-5-10-8/h4,6,8,10H,2-3,5H2,1H3. The highest BCUT2D eigenvalue weighted by Gasteiger charge is 2.20. The van der Waals surface area contributed by atoms with Gasteiger partial charge in [0.15, 0.2) is 0 Å². The molecule has 2 rings (SSSR count). The lowest BCUT2D eigenvalue weighted by atomic mass is 10.1. The minimum Gasteiger partial charge on any atom is -0.467 e. The van der Waals surface area contributed by atoms with E-state index >= 15 is 0 Å². The fraction of sp³-hybridized carbons (Fsp3) is 0.556. The van der Waals surface area contributed by atoms with Crippen LogP contribution in [-0.4, -0.2) is 6.54 Å². The van der Waals surface area contributed by atoms with Gasteiger partial charge in [0.25, 0.3) is 0 Å². The van der Waals surface area contributed by atoms with Gasteiger partial charge in [0.05, 0.1) is 12.3 Å². The first kappa shape index (κ1) is 6.92. The monoisotopic (exact) mass is 151 g/mol. The molecule has 0 aliphatic carbocycles. The van der Waals surface area contributed by atoms with Gasteiger partial charge in [-0.15, -0.1) is 0 Å². The first-order valence-corrected chi connectivity index (χ1v) is 4.15. The second-order valence-corrected chi connectivity index (χ2v) is 3.12. The molecule has 1 aromatic heterocycles. The molecule has 11 heavy (non-hydrogen) atoms. The van der Waals surface area contributed by atoms with Crippen molar-refractivity contribution in [3.8, 4) is 0 Å². The van der Waals surface area contributed by atoms with E-state index in [0.29, 0.717) is 6.04 Å². The third kappa shape index (κ3) is 1.18. The molecular formula is C9H13NO. The molecule has 1 unspecified atom stereocenters. The first-order valence-electron chi connectivity index (χ1n) is 4.15. The first-order chi connectivity index (χ1) is 5.38. The number of rotatable bonds is 1. The maximum absolute atomic E-state index is 5.39. The molecule has 0 spiro atoms. The van der Waals surface area contributed by atoms with Crippen LogP contribution in [0, 0.1) is 6.92 Å². The summed E-state index contributed by atoms with van der Waals surface area (Å²) in [6.45, 7) is 3.23. The molecule has 1 N–H and O–H groups in total. The average Bonchev–Trinajstić information content (AvgIpc) is 2.55. The van der Waals surface area contributed by atoms with Crippen LogP contribution in [0.25, 0.3) is 0 Å². The van der Waals surface area contributed by atoms with E-state index in [1.54, 1.807) is 6.26 Å². The predicted octanol–water partition coefficient (Wildman–Crippen LogP) is 2.01. The molecule has 2 heteroatoms. The molecule has 1 aliphatic heterocycles. The molecule has 0 saturated carbocycles. The van der Waals surface area contributed by atoms with E-state index in [9.17, 15) is 0 Å². The molecule has 60 valence electrons. The molecule has 1 fully saturated rings. The number of aryl methyl sites for hydroxylation is 1. The SMILES string of the molecule is Cc1ccoc1C1CCCN1. The molecule has 0 radical (unpaired) electrons. The minimum absolute atomic E-state index is 0.477. The van der Waals surface area contributed by atoms with Crippen LogP contribution < -0.4 is 5.32 Å². The summed E-state index contributed by atoms with van der Waals surface area (Å²) in [7, 11) is 0. The van der Waals surface area contributed by atoms with Gasteiger partial charge in [-0.2, -0.15) is 0 Å². The van der Waals surface area contributed by atoms with Crippen LogP contribution in [0.1, 0.15) is 30.2 Å². The van der Waals surface area contributed by atoms with Crippen molar-refractivity contribution in [1.29, 1.82) is 0 Å². The van der Waals surface area contributed by atoms with Crippen molar-refractivity contribution in [1.82, 2.24) is 5.32 Å². The van der Waals surface area contributed by atoms with Gasteiger partial charge in [-0.05, 0) is 37.9 Å². The molecule has 1 aliphatic rings. The molecular weight excluding hydrogens is 138 g/mol. The Labute approximate surface area is 66.6 Å². The maximum atomic E-state index is 5.39. The molecule has 1 aromatic rings. The third-order valence-electron chi connectivity index (χ3n) is 2.28. The van der Waals surface area contributed by atoms with Crippen molar-refractivity contribution in [2.75, 3.05) is 6.54 Å². The Bertz CT molecular complexity index is 235. The lowest BCUT2D eigenvalue weighted by Gasteiger charge is -2.06. The van der Waals surface area contributed by atoms with E-state index in [0.717, 1.165) is 12.3 Å². The summed E-state index contributed by atoms with van der Waals surface area (Å²) in [5.41, 5.74) is 1.27. The van der Waals surface area contributed by atoms with Crippen molar-refractivity contribution in [2.24, 2.45) is 0 Å². The van der Waals surface area contributed by atoms with E-state index in [-0.39, 0.29) is 0 Å². The van der Waals surface area contributed by atoms with Gasteiger partial charge < -0.3 is 9.73 Å². The Hall–Kier alpha value is -0.760. The van der Waals surface area contributed by atoms with Crippen molar-refractivity contribution >= 4 is 0 Å². The van der Waals surface area contributed by atoms with Gasteiger partial charge in [0.1, 0.15) is 5.76 Å². The Morgan fingerprint density at radius 1 is 1.64 bits per heavy atom. The molecule has 0 bridgehead atoms. The summed E-state index contributed by atoms with van der Waals surface area (Å²) < 4.78 is 5.39. The van der Waals surface area contributed by atoms with Crippen LogP contribution in [0.15, 0.2) is 16.7 Å². The number of furan rings is 1. The summed E-state index contributed by atoms with van der Waals surface area (Å²) in [5, 5.41) is 3.41. The fourth-order valence-electron chi connectivity index (χ4n) is 1.65. The Morgan fingerprint density at radius 3 is 3.09 bits per heavy atom. The molecule has 2 heterocycles. The van der Waals surface area contributed by atoms with Gasteiger partial charge in [0, 0.05) is 0 Å². The topological polar surface area (TPSA) is 25.2 Å². The summed E-state index contributed by atoms with van der Waals surface area (Å²) in [6.07, 6.45) is 4.25. The molecule has 0 aromatic carbocycles. The van der Waals surface area contributed by atoms with Crippen LogP contribution in [-0.2, 0) is 0 Å². The van der Waals surface area contributed by atoms with Crippen molar-refractivity contribution in [3.63, 3.8) is 0 Å². The van der Waals surface area contributed by atoms with E-state index in [1.165, 1.54) is 18.4 Å². The lowest BCUT2D eigenvalue weighted by molar-refractivity contribution is 0.443. The summed E-state index contributed by atoms with van der Waals surface area (Å²) >= 11 is 0. The average molecular weight is 151 g/mol. The predicted molar refractivity (Wildman–Crippen MR) is 43.4 cm³/mol. The highest BCUT2D eigenvalue weighted by atomic mass is 16.3. The molecule has 2 nitrogen and oxygen atoms in total. The van der Waals surface area contributed by atoms with Gasteiger partial charge in [-0.25, -0.2) is 0 Å². The number of hydrogen-bond donors (Lipinski definition) is 1. The summed E-state index contributed by atoms with van der Waals surface area (Å²) in [6, 6.07) is 2.50. The second-order valence-electron chi connectivity index (χ2n) is 3.12. The largest absolute Gasteiger partial charge is 0.467 e. The van der Waals surface area contributed by atoms with Gasteiger partial charge >= 0.3 is 0 Å². The van der Waals surface area contributed by atoms with Crippen LogP contribution >= 0.6 is 0 Å². The van der Waals surface area contributed by atoms with Crippen molar-refractivity contribution in [2.45, 2.75) is 25.8 Å². The fourth-order valence-corrected chi connectivity index (χ4v) is 1.65. The van der Waals surface area contributed by atoms with Crippen LogP contribution in [0.3, 0.4) is 0 Å². The van der Waals surface area contributed by atoms with E-state index < -0.39 is 0 Å². The van der Waals surface area contributed by atoms with E-state index in [2.05, 4.69) is 12.2 Å². The highest BCUT2D eigenvalue weighted by Crippen LogP contribution is 2.25. The van der Waals surface area contributed by atoms with Crippen LogP contribution in [0.5, 0.6) is 0 Å². The molecule has 1 atom stereocenters. The zero-order valence-corrected chi connectivity index (χ0v) is 6.76. The van der Waals surface area contributed by atoms with Gasteiger partial charge in [-0.3, -0.25) is 0 Å². The lowest BCUT2D eigenvalue weighted by Crippen LogP contribution is -2.12. The molecule has 0 amide bonds. The van der Waals surface area contributed by atoms with Crippen LogP contribution in [0.2, 0.25) is 0 Å².